The van der Waals surface area contributed by atoms with Crippen LogP contribution < -0.4 is 5.32 Å². The lowest BCUT2D eigenvalue weighted by molar-refractivity contribution is 0.103. The number of benzene rings is 1. The average molecular weight is 303 g/mol. The first kappa shape index (κ1) is 15.2. The molecule has 0 atom stereocenters. The van der Waals surface area contributed by atoms with Crippen LogP contribution in [0.2, 0.25) is 0 Å². The molecule has 3 nitrogen and oxygen atoms in total. The number of aryl methyl sites for hydroxylation is 1. The smallest absolute Gasteiger partial charge is 0.265 e. The lowest BCUT2D eigenvalue weighted by atomic mass is 10.2. The number of nitrogens with one attached hydrogen (secondary N) is 1. The Morgan fingerprint density at radius 1 is 1.43 bits per heavy atom. The molecule has 1 aromatic heterocycles. The zero-order valence-electron chi connectivity index (χ0n) is 11.4. The van der Waals surface area contributed by atoms with Crippen molar-refractivity contribution >= 4 is 22.9 Å². The molecule has 1 heterocycles. The molecule has 0 aliphatic heterocycles. The minimum Gasteiger partial charge on any atom is -0.395 e. The van der Waals surface area contributed by atoms with Gasteiger partial charge < -0.3 is 10.4 Å². The number of carbonyl (C=O) groups excluding carboxylic acids is 1. The van der Waals surface area contributed by atoms with E-state index >= 15 is 0 Å². The highest BCUT2D eigenvalue weighted by atomic mass is 32.1. The first-order chi connectivity index (χ1) is 10.1. The van der Waals surface area contributed by atoms with Gasteiger partial charge in [0.2, 0.25) is 0 Å². The van der Waals surface area contributed by atoms with Crippen molar-refractivity contribution in [1.29, 1.82) is 0 Å². The van der Waals surface area contributed by atoms with Gasteiger partial charge in [-0.15, -0.1) is 11.3 Å². The molecule has 21 heavy (non-hydrogen) atoms. The first-order valence-electron chi connectivity index (χ1n) is 6.36. The largest absolute Gasteiger partial charge is 0.395 e. The van der Waals surface area contributed by atoms with Gasteiger partial charge in [-0.05, 0) is 42.1 Å². The first-order valence-corrected chi connectivity index (χ1v) is 7.24. The fourth-order valence-electron chi connectivity index (χ4n) is 1.71. The number of amides is 1. The second-order valence-electron chi connectivity index (χ2n) is 4.36. The summed E-state index contributed by atoms with van der Waals surface area (Å²) in [6.45, 7) is 1.80. The second-order valence-corrected chi connectivity index (χ2v) is 5.27. The Hall–Kier alpha value is -2.16. The van der Waals surface area contributed by atoms with Gasteiger partial charge >= 0.3 is 0 Å². The molecule has 0 spiro atoms. The summed E-state index contributed by atoms with van der Waals surface area (Å²) < 4.78 is 13.6. The van der Waals surface area contributed by atoms with Crippen LogP contribution in [-0.2, 0) is 0 Å². The molecule has 108 valence electrons. The summed E-state index contributed by atoms with van der Waals surface area (Å²) in [5.41, 5.74) is 1.59. The summed E-state index contributed by atoms with van der Waals surface area (Å²) in [6, 6.07) is 6.11. The van der Waals surface area contributed by atoms with E-state index in [9.17, 15) is 9.18 Å². The van der Waals surface area contributed by atoms with Gasteiger partial charge in [-0.3, -0.25) is 4.79 Å². The van der Waals surface area contributed by atoms with Crippen molar-refractivity contribution in [3.8, 4) is 11.8 Å². The highest BCUT2D eigenvalue weighted by Crippen LogP contribution is 2.19. The van der Waals surface area contributed by atoms with Gasteiger partial charge in [0, 0.05) is 12.1 Å². The van der Waals surface area contributed by atoms with Crippen molar-refractivity contribution in [3.63, 3.8) is 0 Å². The number of hydrogen-bond donors (Lipinski definition) is 2. The lowest BCUT2D eigenvalue weighted by Gasteiger charge is -2.05. The van der Waals surface area contributed by atoms with E-state index < -0.39 is 5.82 Å². The Morgan fingerprint density at radius 2 is 2.24 bits per heavy atom. The standard InChI is InChI=1S/C16H14FNO2S/c1-11-7-9-21-15(11)16(20)18-13-5-6-14(17)12(10-13)4-2-3-8-19/h5-7,9-10,19H,3,8H2,1H3,(H,18,20). The van der Waals surface area contributed by atoms with Crippen LogP contribution in [0.4, 0.5) is 10.1 Å². The van der Waals surface area contributed by atoms with E-state index in [1.54, 1.807) is 0 Å². The molecule has 0 aliphatic rings. The predicted octanol–water partition coefficient (Wildman–Crippen LogP) is 3.18. The summed E-state index contributed by atoms with van der Waals surface area (Å²) in [7, 11) is 0. The molecular weight excluding hydrogens is 289 g/mol. The minimum absolute atomic E-state index is 0.0668. The molecular formula is C16H14FNO2S. The zero-order valence-corrected chi connectivity index (χ0v) is 12.3. The van der Waals surface area contributed by atoms with Crippen LogP contribution in [0.25, 0.3) is 0 Å². The summed E-state index contributed by atoms with van der Waals surface area (Å²) >= 11 is 1.36. The Morgan fingerprint density at radius 3 is 2.90 bits per heavy atom. The molecule has 2 aromatic rings. The van der Waals surface area contributed by atoms with Crippen molar-refractivity contribution in [2.75, 3.05) is 11.9 Å². The third kappa shape index (κ3) is 3.91. The van der Waals surface area contributed by atoms with Gasteiger partial charge in [0.1, 0.15) is 5.82 Å². The highest BCUT2D eigenvalue weighted by molar-refractivity contribution is 7.12. The van der Waals surface area contributed by atoms with E-state index in [2.05, 4.69) is 17.2 Å². The molecule has 0 radical (unpaired) electrons. The number of aliphatic hydroxyl groups excluding tert-OH is 1. The number of anilines is 1. The zero-order chi connectivity index (χ0) is 15.2. The third-order valence-electron chi connectivity index (χ3n) is 2.75. The van der Waals surface area contributed by atoms with Crippen molar-refractivity contribution < 1.29 is 14.3 Å². The molecule has 0 unspecified atom stereocenters. The average Bonchev–Trinajstić information content (AvgIpc) is 2.89. The summed E-state index contributed by atoms with van der Waals surface area (Å²) in [5, 5.41) is 13.2. The highest BCUT2D eigenvalue weighted by Gasteiger charge is 2.11. The monoisotopic (exact) mass is 303 g/mol. The number of aliphatic hydroxyl groups is 1. The minimum atomic E-state index is -0.453. The second kappa shape index (κ2) is 7.02. The van der Waals surface area contributed by atoms with Crippen LogP contribution in [0.15, 0.2) is 29.6 Å². The van der Waals surface area contributed by atoms with Gasteiger partial charge in [-0.25, -0.2) is 4.39 Å². The van der Waals surface area contributed by atoms with Gasteiger partial charge in [0.25, 0.3) is 5.91 Å². The number of halogens is 1. The van der Waals surface area contributed by atoms with Crippen LogP contribution in [0.3, 0.4) is 0 Å². The van der Waals surface area contributed by atoms with E-state index in [0.717, 1.165) is 5.56 Å². The Bertz CT molecular complexity index is 713. The molecule has 0 bridgehead atoms. The normalized spacial score (nSPS) is 9.86. The molecule has 0 aliphatic carbocycles. The van der Waals surface area contributed by atoms with E-state index in [1.807, 2.05) is 18.4 Å². The van der Waals surface area contributed by atoms with Crippen molar-refractivity contribution in [2.24, 2.45) is 0 Å². The van der Waals surface area contributed by atoms with Crippen LogP contribution in [0, 0.1) is 24.6 Å². The Kier molecular flexibility index (Phi) is 5.09. The number of hydrogen-bond acceptors (Lipinski definition) is 3. The number of thiophene rings is 1. The molecule has 5 heteroatoms. The molecule has 0 saturated heterocycles. The van der Waals surface area contributed by atoms with E-state index in [-0.39, 0.29) is 24.5 Å². The lowest BCUT2D eigenvalue weighted by Crippen LogP contribution is -2.11. The van der Waals surface area contributed by atoms with Crippen LogP contribution in [0.1, 0.15) is 27.2 Å². The van der Waals surface area contributed by atoms with E-state index in [4.69, 9.17) is 5.11 Å². The maximum atomic E-state index is 13.6. The van der Waals surface area contributed by atoms with E-state index in [1.165, 1.54) is 29.5 Å². The van der Waals surface area contributed by atoms with Crippen molar-refractivity contribution in [2.45, 2.75) is 13.3 Å². The number of carbonyl (C=O) groups is 1. The molecule has 0 saturated carbocycles. The Labute approximate surface area is 126 Å². The molecule has 1 amide bonds. The predicted molar refractivity (Wildman–Crippen MR) is 82.0 cm³/mol. The summed E-state index contributed by atoms with van der Waals surface area (Å²) in [5.74, 6) is 4.63. The quantitative estimate of drug-likeness (QED) is 0.856. The molecule has 0 fully saturated rings. The summed E-state index contributed by atoms with van der Waals surface area (Å²) in [6.07, 6.45) is 0.282. The topological polar surface area (TPSA) is 49.3 Å². The molecule has 2 N–H and O–H groups in total. The van der Waals surface area contributed by atoms with Gasteiger partial charge in [-0.2, -0.15) is 0 Å². The SMILES string of the molecule is Cc1ccsc1C(=O)Nc1ccc(F)c(C#CCCO)c1. The van der Waals surface area contributed by atoms with Crippen molar-refractivity contribution in [1.82, 2.24) is 0 Å². The molecule has 1 aromatic carbocycles. The van der Waals surface area contributed by atoms with Crippen LogP contribution in [0.5, 0.6) is 0 Å². The van der Waals surface area contributed by atoms with Gasteiger partial charge in [0.05, 0.1) is 17.0 Å². The van der Waals surface area contributed by atoms with E-state index in [0.29, 0.717) is 10.6 Å². The van der Waals surface area contributed by atoms with Crippen molar-refractivity contribution in [3.05, 3.63) is 51.5 Å². The summed E-state index contributed by atoms with van der Waals surface area (Å²) in [4.78, 5) is 12.7. The fraction of sp³-hybridized carbons (Fsp3) is 0.188. The maximum Gasteiger partial charge on any atom is 0.265 e. The van der Waals surface area contributed by atoms with Crippen LogP contribution >= 0.6 is 11.3 Å². The molecule has 2 rings (SSSR count). The number of rotatable bonds is 3. The van der Waals surface area contributed by atoms with Gasteiger partial charge in [0.15, 0.2) is 0 Å². The third-order valence-corrected chi connectivity index (χ3v) is 3.77. The maximum absolute atomic E-state index is 13.6. The fourth-order valence-corrected chi connectivity index (χ4v) is 2.53. The Balaban J connectivity index is 2.18. The van der Waals surface area contributed by atoms with Gasteiger partial charge in [-0.1, -0.05) is 11.8 Å². The van der Waals surface area contributed by atoms with Crippen LogP contribution in [-0.4, -0.2) is 17.6 Å².